The predicted molar refractivity (Wildman–Crippen MR) is 108 cm³/mol. The summed E-state index contributed by atoms with van der Waals surface area (Å²) in [5.41, 5.74) is 0.875. The zero-order valence-electron chi connectivity index (χ0n) is 15.8. The number of rotatable bonds is 6. The second-order valence-electron chi connectivity index (χ2n) is 7.44. The number of nitrogens with zero attached hydrogens (tertiary/aromatic N) is 4. The van der Waals surface area contributed by atoms with Crippen LogP contribution in [0.2, 0.25) is 0 Å². The summed E-state index contributed by atoms with van der Waals surface area (Å²) in [6.07, 6.45) is 5.84. The minimum Gasteiger partial charge on any atom is -0.342 e. The Hall–Kier alpha value is -2.41. The molecule has 2 aromatic rings. The van der Waals surface area contributed by atoms with E-state index >= 15 is 0 Å². The van der Waals surface area contributed by atoms with Gasteiger partial charge in [0.15, 0.2) is 5.16 Å². The summed E-state index contributed by atoms with van der Waals surface area (Å²) in [5.74, 6) is 0.592. The smallest absolute Gasteiger partial charge is 0.233 e. The fourth-order valence-electron chi connectivity index (χ4n) is 4.06. The fourth-order valence-corrected chi connectivity index (χ4v) is 4.76. The Bertz CT molecular complexity index is 833. The first kappa shape index (κ1) is 18.9. The van der Waals surface area contributed by atoms with Gasteiger partial charge in [-0.05, 0) is 30.9 Å². The Morgan fingerprint density at radius 3 is 2.61 bits per heavy atom. The summed E-state index contributed by atoms with van der Waals surface area (Å²) in [5, 5.41) is 0.605. The topological polar surface area (TPSA) is 66.4 Å². The summed E-state index contributed by atoms with van der Waals surface area (Å²) >= 11 is 1.34. The van der Waals surface area contributed by atoms with E-state index in [1.165, 1.54) is 17.3 Å². The lowest BCUT2D eigenvalue weighted by Crippen LogP contribution is -2.39. The lowest BCUT2D eigenvalue weighted by molar-refractivity contribution is -0.136. The molecule has 2 amide bonds. The number of hydrogen-bond acceptors (Lipinski definition) is 5. The summed E-state index contributed by atoms with van der Waals surface area (Å²) in [6.45, 7) is 2.75. The average molecular weight is 397 g/mol. The maximum absolute atomic E-state index is 13.1. The first-order valence-corrected chi connectivity index (χ1v) is 10.7. The zero-order chi connectivity index (χ0) is 19.4. The van der Waals surface area contributed by atoms with E-state index in [0.29, 0.717) is 24.0 Å². The van der Waals surface area contributed by atoms with Gasteiger partial charge >= 0.3 is 0 Å². The summed E-state index contributed by atoms with van der Waals surface area (Å²) < 4.78 is 0. The van der Waals surface area contributed by atoms with Crippen molar-refractivity contribution in [1.82, 2.24) is 19.8 Å². The molecule has 0 radical (unpaired) electrons. The highest BCUT2D eigenvalue weighted by atomic mass is 32.2. The van der Waals surface area contributed by atoms with Gasteiger partial charge in [-0.1, -0.05) is 42.1 Å². The van der Waals surface area contributed by atoms with E-state index in [0.717, 1.165) is 32.4 Å². The zero-order valence-corrected chi connectivity index (χ0v) is 16.6. The number of benzene rings is 1. The van der Waals surface area contributed by atoms with Crippen LogP contribution in [0.1, 0.15) is 18.4 Å². The second kappa shape index (κ2) is 8.31. The van der Waals surface area contributed by atoms with Crippen LogP contribution >= 0.6 is 11.8 Å². The van der Waals surface area contributed by atoms with Crippen LogP contribution in [-0.4, -0.2) is 63.5 Å². The number of thioether (sulfide) groups is 1. The molecule has 0 N–H and O–H groups in total. The van der Waals surface area contributed by atoms with Gasteiger partial charge in [0.25, 0.3) is 0 Å². The van der Waals surface area contributed by atoms with Gasteiger partial charge in [0.2, 0.25) is 11.8 Å². The Balaban J connectivity index is 1.30. The number of aromatic nitrogens is 2. The van der Waals surface area contributed by atoms with Crippen LogP contribution in [0.3, 0.4) is 0 Å². The SMILES string of the molecule is O=C(CSc1ncccn1)N1CCC2(CCN(CCc3ccccc3)C2=O)C1. The van der Waals surface area contributed by atoms with E-state index in [4.69, 9.17) is 0 Å². The molecule has 1 spiro atoms. The lowest BCUT2D eigenvalue weighted by atomic mass is 9.85. The van der Waals surface area contributed by atoms with Crippen molar-refractivity contribution in [2.45, 2.75) is 24.4 Å². The first-order chi connectivity index (χ1) is 13.7. The monoisotopic (exact) mass is 396 g/mol. The molecule has 0 saturated carbocycles. The Kier molecular flexibility index (Phi) is 5.62. The molecule has 2 aliphatic rings. The normalized spacial score (nSPS) is 21.6. The average Bonchev–Trinajstić information content (AvgIpc) is 3.31. The van der Waals surface area contributed by atoms with E-state index in [1.54, 1.807) is 18.5 Å². The van der Waals surface area contributed by atoms with Crippen LogP contribution in [-0.2, 0) is 16.0 Å². The fraction of sp³-hybridized carbons (Fsp3) is 0.429. The van der Waals surface area contributed by atoms with Crippen molar-refractivity contribution >= 4 is 23.6 Å². The molecule has 2 aliphatic heterocycles. The van der Waals surface area contributed by atoms with Crippen LogP contribution in [0.4, 0.5) is 0 Å². The van der Waals surface area contributed by atoms with E-state index in [9.17, 15) is 9.59 Å². The van der Waals surface area contributed by atoms with Crippen molar-refractivity contribution < 1.29 is 9.59 Å². The summed E-state index contributed by atoms with van der Waals surface area (Å²) in [7, 11) is 0. The van der Waals surface area contributed by atoms with E-state index in [1.807, 2.05) is 28.0 Å². The number of likely N-dealkylation sites (tertiary alicyclic amines) is 2. The highest BCUT2D eigenvalue weighted by molar-refractivity contribution is 7.99. The van der Waals surface area contributed by atoms with Crippen molar-refractivity contribution in [3.63, 3.8) is 0 Å². The maximum Gasteiger partial charge on any atom is 0.233 e. The minimum absolute atomic E-state index is 0.0601. The molecule has 3 heterocycles. The molecule has 1 unspecified atom stereocenters. The molecule has 0 bridgehead atoms. The molecular weight excluding hydrogens is 372 g/mol. The van der Waals surface area contributed by atoms with Gasteiger partial charge in [0.1, 0.15) is 0 Å². The van der Waals surface area contributed by atoms with Crippen molar-refractivity contribution in [1.29, 1.82) is 0 Å². The van der Waals surface area contributed by atoms with Crippen molar-refractivity contribution in [3.05, 3.63) is 54.4 Å². The Morgan fingerprint density at radius 1 is 1.07 bits per heavy atom. The molecule has 7 heteroatoms. The third-order valence-electron chi connectivity index (χ3n) is 5.69. The van der Waals surface area contributed by atoms with E-state index in [2.05, 4.69) is 22.1 Å². The molecule has 146 valence electrons. The quantitative estimate of drug-likeness (QED) is 0.554. The molecule has 2 saturated heterocycles. The molecule has 1 aromatic carbocycles. The van der Waals surface area contributed by atoms with E-state index < -0.39 is 0 Å². The van der Waals surface area contributed by atoms with Crippen LogP contribution in [0.5, 0.6) is 0 Å². The molecule has 0 aliphatic carbocycles. The van der Waals surface area contributed by atoms with Crippen LogP contribution in [0.25, 0.3) is 0 Å². The Labute approximate surface area is 169 Å². The molecule has 4 rings (SSSR count). The Morgan fingerprint density at radius 2 is 1.82 bits per heavy atom. The van der Waals surface area contributed by atoms with Crippen molar-refractivity contribution in [2.24, 2.45) is 5.41 Å². The van der Waals surface area contributed by atoms with Crippen molar-refractivity contribution in [2.75, 3.05) is 31.9 Å². The molecule has 2 fully saturated rings. The first-order valence-electron chi connectivity index (χ1n) is 9.67. The number of carbonyl (C=O) groups is 2. The number of carbonyl (C=O) groups excluding carboxylic acids is 2. The largest absolute Gasteiger partial charge is 0.342 e. The van der Waals surface area contributed by atoms with Gasteiger partial charge in [-0.3, -0.25) is 9.59 Å². The van der Waals surface area contributed by atoms with E-state index in [-0.39, 0.29) is 17.2 Å². The van der Waals surface area contributed by atoms with Gasteiger partial charge in [-0.15, -0.1) is 0 Å². The van der Waals surface area contributed by atoms with Crippen LogP contribution in [0, 0.1) is 5.41 Å². The number of amides is 2. The van der Waals surface area contributed by atoms with Crippen LogP contribution < -0.4 is 0 Å². The van der Waals surface area contributed by atoms with Gasteiger partial charge in [-0.2, -0.15) is 0 Å². The summed E-state index contributed by atoms with van der Waals surface area (Å²) in [4.78, 5) is 37.7. The number of hydrogen-bond donors (Lipinski definition) is 0. The molecular formula is C21H24N4O2S. The lowest BCUT2D eigenvalue weighted by Gasteiger charge is -2.23. The van der Waals surface area contributed by atoms with Crippen LogP contribution in [0.15, 0.2) is 53.9 Å². The van der Waals surface area contributed by atoms with Gasteiger partial charge in [0.05, 0.1) is 11.2 Å². The highest BCUT2D eigenvalue weighted by Crippen LogP contribution is 2.40. The third-order valence-corrected chi connectivity index (χ3v) is 6.55. The molecule has 1 aromatic heterocycles. The molecule has 1 atom stereocenters. The third kappa shape index (κ3) is 4.04. The van der Waals surface area contributed by atoms with Gasteiger partial charge in [-0.25, -0.2) is 9.97 Å². The van der Waals surface area contributed by atoms with Crippen molar-refractivity contribution in [3.8, 4) is 0 Å². The molecule has 6 nitrogen and oxygen atoms in total. The predicted octanol–water partition coefficient (Wildman–Crippen LogP) is 2.26. The highest BCUT2D eigenvalue weighted by Gasteiger charge is 2.51. The maximum atomic E-state index is 13.1. The second-order valence-corrected chi connectivity index (χ2v) is 8.39. The molecule has 28 heavy (non-hydrogen) atoms. The van der Waals surface area contributed by atoms with Gasteiger partial charge in [0, 0.05) is 38.6 Å². The van der Waals surface area contributed by atoms with Gasteiger partial charge < -0.3 is 9.80 Å². The summed E-state index contributed by atoms with van der Waals surface area (Å²) in [6, 6.07) is 12.0. The minimum atomic E-state index is -0.375. The standard InChI is InChI=1S/C21H24N4O2S/c26-18(15-28-20-22-10-4-11-23-20)25-14-9-21(16-25)8-13-24(19(21)27)12-7-17-5-2-1-3-6-17/h1-6,10-11H,7-9,12-16H2.